The van der Waals surface area contributed by atoms with Gasteiger partial charge in [0.1, 0.15) is 6.61 Å². The Morgan fingerprint density at radius 1 is 1.16 bits per heavy atom. The highest BCUT2D eigenvalue weighted by Gasteiger charge is 2.10. The summed E-state index contributed by atoms with van der Waals surface area (Å²) in [4.78, 5) is 11.3. The van der Waals surface area contributed by atoms with Crippen LogP contribution in [0.2, 0.25) is 0 Å². The predicted octanol–water partition coefficient (Wildman–Crippen LogP) is 2.71. The van der Waals surface area contributed by atoms with Gasteiger partial charge in [-0.3, -0.25) is 4.79 Å². The van der Waals surface area contributed by atoms with Crippen LogP contribution in [-0.4, -0.2) is 5.91 Å². The van der Waals surface area contributed by atoms with Crippen LogP contribution in [0.1, 0.15) is 15.9 Å². The Labute approximate surface area is 119 Å². The average Bonchev–Trinajstić information content (AvgIpc) is 2.38. The van der Waals surface area contributed by atoms with Crippen molar-refractivity contribution in [2.75, 3.05) is 5.73 Å². The Balaban J connectivity index is 2.22. The van der Waals surface area contributed by atoms with Crippen molar-refractivity contribution in [2.24, 2.45) is 5.73 Å². The zero-order valence-electron chi connectivity index (χ0n) is 10.1. The van der Waals surface area contributed by atoms with Crippen molar-refractivity contribution in [1.82, 2.24) is 0 Å². The maximum absolute atomic E-state index is 11.3. The molecule has 0 aliphatic carbocycles. The minimum absolute atomic E-state index is 0.228. The summed E-state index contributed by atoms with van der Waals surface area (Å²) in [7, 11) is 0. The number of hydrogen-bond acceptors (Lipinski definition) is 3. The highest BCUT2D eigenvalue weighted by Crippen LogP contribution is 2.31. The second-order valence-corrected chi connectivity index (χ2v) is 4.82. The number of halogens is 1. The monoisotopic (exact) mass is 320 g/mol. The number of primary amides is 1. The average molecular weight is 321 g/mol. The SMILES string of the molecule is NC(=O)c1ccccc1COc1c(N)cccc1Br. The van der Waals surface area contributed by atoms with Crippen molar-refractivity contribution in [3.63, 3.8) is 0 Å². The number of rotatable bonds is 4. The third-order valence-electron chi connectivity index (χ3n) is 2.65. The summed E-state index contributed by atoms with van der Waals surface area (Å²) in [5, 5.41) is 0. The van der Waals surface area contributed by atoms with Crippen LogP contribution in [-0.2, 0) is 6.61 Å². The first kappa shape index (κ1) is 13.4. The molecule has 19 heavy (non-hydrogen) atoms. The molecule has 0 aromatic heterocycles. The van der Waals surface area contributed by atoms with E-state index in [0.717, 1.165) is 10.0 Å². The van der Waals surface area contributed by atoms with Crippen molar-refractivity contribution >= 4 is 27.5 Å². The van der Waals surface area contributed by atoms with E-state index < -0.39 is 5.91 Å². The molecule has 2 rings (SSSR count). The van der Waals surface area contributed by atoms with Crippen LogP contribution >= 0.6 is 15.9 Å². The lowest BCUT2D eigenvalue weighted by atomic mass is 10.1. The largest absolute Gasteiger partial charge is 0.486 e. The normalized spacial score (nSPS) is 10.2. The van der Waals surface area contributed by atoms with E-state index in [1.165, 1.54) is 0 Å². The summed E-state index contributed by atoms with van der Waals surface area (Å²) in [5.74, 6) is 0.0843. The van der Waals surface area contributed by atoms with Crippen molar-refractivity contribution in [2.45, 2.75) is 6.61 Å². The molecule has 4 N–H and O–H groups in total. The Kier molecular flexibility index (Phi) is 4.06. The van der Waals surface area contributed by atoms with Crippen molar-refractivity contribution in [1.29, 1.82) is 0 Å². The molecule has 5 heteroatoms. The van der Waals surface area contributed by atoms with E-state index in [-0.39, 0.29) is 6.61 Å². The number of para-hydroxylation sites is 1. The predicted molar refractivity (Wildman–Crippen MR) is 77.8 cm³/mol. The van der Waals surface area contributed by atoms with Gasteiger partial charge in [0.15, 0.2) is 5.75 Å². The lowest BCUT2D eigenvalue weighted by molar-refractivity contribution is 0.0998. The van der Waals surface area contributed by atoms with Gasteiger partial charge in [-0.05, 0) is 34.1 Å². The third-order valence-corrected chi connectivity index (χ3v) is 3.28. The van der Waals surface area contributed by atoms with Gasteiger partial charge in [0, 0.05) is 11.1 Å². The second-order valence-electron chi connectivity index (χ2n) is 3.97. The molecule has 0 spiro atoms. The Hall–Kier alpha value is -2.01. The highest BCUT2D eigenvalue weighted by molar-refractivity contribution is 9.10. The van der Waals surface area contributed by atoms with Crippen LogP contribution in [0.15, 0.2) is 46.9 Å². The Bertz CT molecular complexity index is 594. The third kappa shape index (κ3) is 3.06. The fourth-order valence-electron chi connectivity index (χ4n) is 1.71. The molecule has 0 fully saturated rings. The molecule has 0 atom stereocenters. The van der Waals surface area contributed by atoms with E-state index in [1.807, 2.05) is 18.2 Å². The van der Waals surface area contributed by atoms with Crippen LogP contribution in [0, 0.1) is 0 Å². The van der Waals surface area contributed by atoms with E-state index in [4.69, 9.17) is 16.2 Å². The van der Waals surface area contributed by atoms with Gasteiger partial charge >= 0.3 is 0 Å². The van der Waals surface area contributed by atoms with E-state index in [0.29, 0.717) is 17.0 Å². The fourth-order valence-corrected chi connectivity index (χ4v) is 2.21. The van der Waals surface area contributed by atoms with Gasteiger partial charge in [-0.1, -0.05) is 24.3 Å². The van der Waals surface area contributed by atoms with Crippen molar-refractivity contribution in [3.05, 3.63) is 58.1 Å². The quantitative estimate of drug-likeness (QED) is 0.850. The van der Waals surface area contributed by atoms with Gasteiger partial charge in [-0.25, -0.2) is 0 Å². The van der Waals surface area contributed by atoms with Crippen LogP contribution in [0.25, 0.3) is 0 Å². The zero-order chi connectivity index (χ0) is 13.8. The summed E-state index contributed by atoms with van der Waals surface area (Å²) in [6, 6.07) is 12.5. The molecule has 0 saturated carbocycles. The number of benzene rings is 2. The molecular formula is C14H13BrN2O2. The van der Waals surface area contributed by atoms with Crippen LogP contribution < -0.4 is 16.2 Å². The maximum atomic E-state index is 11.3. The number of nitrogens with two attached hydrogens (primary N) is 2. The van der Waals surface area contributed by atoms with Gasteiger partial charge in [-0.15, -0.1) is 0 Å². The molecule has 0 heterocycles. The molecule has 0 bridgehead atoms. The molecule has 2 aromatic carbocycles. The molecule has 0 radical (unpaired) electrons. The smallest absolute Gasteiger partial charge is 0.249 e. The number of amides is 1. The number of nitrogen functional groups attached to an aromatic ring is 1. The van der Waals surface area contributed by atoms with Gasteiger partial charge < -0.3 is 16.2 Å². The number of carbonyl (C=O) groups is 1. The van der Waals surface area contributed by atoms with Gasteiger partial charge in [0.25, 0.3) is 0 Å². The van der Waals surface area contributed by atoms with Gasteiger partial charge in [0.2, 0.25) is 5.91 Å². The van der Waals surface area contributed by atoms with Crippen molar-refractivity contribution in [3.8, 4) is 5.75 Å². The van der Waals surface area contributed by atoms with E-state index in [9.17, 15) is 4.79 Å². The number of anilines is 1. The topological polar surface area (TPSA) is 78.3 Å². The molecule has 98 valence electrons. The first-order chi connectivity index (χ1) is 9.09. The molecule has 0 aliphatic heterocycles. The molecule has 0 saturated heterocycles. The lowest BCUT2D eigenvalue weighted by Gasteiger charge is -2.12. The lowest BCUT2D eigenvalue weighted by Crippen LogP contribution is -2.14. The molecule has 4 nitrogen and oxygen atoms in total. The first-order valence-electron chi connectivity index (χ1n) is 5.64. The maximum Gasteiger partial charge on any atom is 0.249 e. The summed E-state index contributed by atoms with van der Waals surface area (Å²) in [6.45, 7) is 0.228. The molecule has 0 unspecified atom stereocenters. The minimum atomic E-state index is -0.473. The molecule has 1 amide bonds. The van der Waals surface area contributed by atoms with Gasteiger partial charge in [-0.2, -0.15) is 0 Å². The number of hydrogen-bond donors (Lipinski definition) is 2. The molecular weight excluding hydrogens is 308 g/mol. The summed E-state index contributed by atoms with van der Waals surface area (Å²) < 4.78 is 6.43. The van der Waals surface area contributed by atoms with Crippen LogP contribution in [0.3, 0.4) is 0 Å². The summed E-state index contributed by atoms with van der Waals surface area (Å²) in [6.07, 6.45) is 0. The zero-order valence-corrected chi connectivity index (χ0v) is 11.7. The summed E-state index contributed by atoms with van der Waals surface area (Å²) >= 11 is 3.37. The molecule has 0 aliphatic rings. The number of ether oxygens (including phenoxy) is 1. The first-order valence-corrected chi connectivity index (χ1v) is 6.43. The van der Waals surface area contributed by atoms with E-state index in [2.05, 4.69) is 15.9 Å². The second kappa shape index (κ2) is 5.75. The molecule has 2 aromatic rings. The Morgan fingerprint density at radius 2 is 1.89 bits per heavy atom. The van der Waals surface area contributed by atoms with Crippen LogP contribution in [0.4, 0.5) is 5.69 Å². The van der Waals surface area contributed by atoms with Crippen molar-refractivity contribution < 1.29 is 9.53 Å². The minimum Gasteiger partial charge on any atom is -0.486 e. The standard InChI is InChI=1S/C14H13BrN2O2/c15-11-6-3-7-12(16)13(11)19-8-9-4-1-2-5-10(9)14(17)18/h1-7H,8,16H2,(H2,17,18). The summed E-state index contributed by atoms with van der Waals surface area (Å²) in [5.41, 5.74) is 12.9. The van der Waals surface area contributed by atoms with E-state index >= 15 is 0 Å². The van der Waals surface area contributed by atoms with Gasteiger partial charge in [0.05, 0.1) is 10.2 Å². The number of carbonyl (C=O) groups excluding carboxylic acids is 1. The van der Waals surface area contributed by atoms with Crippen LogP contribution in [0.5, 0.6) is 5.75 Å². The highest BCUT2D eigenvalue weighted by atomic mass is 79.9. The Morgan fingerprint density at radius 3 is 2.58 bits per heavy atom. The fraction of sp³-hybridized carbons (Fsp3) is 0.0714. The van der Waals surface area contributed by atoms with E-state index in [1.54, 1.807) is 24.3 Å².